The first-order valence-corrected chi connectivity index (χ1v) is 6.91. The number of benzene rings is 1. The Balaban J connectivity index is 2.24. The molecule has 0 bridgehead atoms. The second-order valence-electron chi connectivity index (χ2n) is 4.38. The third kappa shape index (κ3) is 3.06. The van der Waals surface area contributed by atoms with Crippen LogP contribution in [0, 0.1) is 5.82 Å². The van der Waals surface area contributed by atoms with Gasteiger partial charge in [0.15, 0.2) is 0 Å². The molecule has 1 saturated heterocycles. The van der Waals surface area contributed by atoms with Gasteiger partial charge in [0.1, 0.15) is 5.82 Å². The van der Waals surface area contributed by atoms with E-state index in [1.54, 1.807) is 12.1 Å². The summed E-state index contributed by atoms with van der Waals surface area (Å²) in [6, 6.07) is 5.40. The molecular formula is C13H18BrFN2. The van der Waals surface area contributed by atoms with Crippen LogP contribution in [-0.4, -0.2) is 31.1 Å². The van der Waals surface area contributed by atoms with E-state index in [-0.39, 0.29) is 11.9 Å². The first kappa shape index (κ1) is 13.0. The molecule has 1 N–H and O–H groups in total. The van der Waals surface area contributed by atoms with Crippen molar-refractivity contribution in [2.45, 2.75) is 19.4 Å². The minimum absolute atomic E-state index is 0.0985. The zero-order valence-corrected chi connectivity index (χ0v) is 11.6. The van der Waals surface area contributed by atoms with Crippen LogP contribution < -0.4 is 5.32 Å². The van der Waals surface area contributed by atoms with Crippen LogP contribution in [0.3, 0.4) is 0 Å². The monoisotopic (exact) mass is 300 g/mol. The van der Waals surface area contributed by atoms with Gasteiger partial charge in [-0.25, -0.2) is 4.39 Å². The van der Waals surface area contributed by atoms with E-state index in [4.69, 9.17) is 0 Å². The molecule has 0 unspecified atom stereocenters. The van der Waals surface area contributed by atoms with E-state index in [9.17, 15) is 4.39 Å². The number of piperazine rings is 1. The maximum atomic E-state index is 13.9. The number of nitrogens with zero attached hydrogens (tertiary/aromatic N) is 1. The zero-order valence-electron chi connectivity index (χ0n) is 10.0. The van der Waals surface area contributed by atoms with Crippen molar-refractivity contribution in [3.8, 4) is 0 Å². The van der Waals surface area contributed by atoms with Gasteiger partial charge in [-0.15, -0.1) is 0 Å². The van der Waals surface area contributed by atoms with Crippen LogP contribution in [0.2, 0.25) is 0 Å². The maximum absolute atomic E-state index is 13.9. The fourth-order valence-electron chi connectivity index (χ4n) is 2.44. The Morgan fingerprint density at radius 3 is 2.76 bits per heavy atom. The minimum Gasteiger partial charge on any atom is -0.314 e. The van der Waals surface area contributed by atoms with Gasteiger partial charge in [-0.3, -0.25) is 4.90 Å². The predicted molar refractivity (Wildman–Crippen MR) is 71.6 cm³/mol. The molecule has 1 aliphatic heterocycles. The highest BCUT2D eigenvalue weighted by Crippen LogP contribution is 2.28. The van der Waals surface area contributed by atoms with Gasteiger partial charge in [-0.2, -0.15) is 0 Å². The van der Waals surface area contributed by atoms with Crippen LogP contribution in [0.25, 0.3) is 0 Å². The average molecular weight is 301 g/mol. The normalized spacial score (nSPS) is 19.2. The van der Waals surface area contributed by atoms with Crippen molar-refractivity contribution in [2.24, 2.45) is 0 Å². The van der Waals surface area contributed by atoms with Crippen LogP contribution >= 0.6 is 15.9 Å². The van der Waals surface area contributed by atoms with Gasteiger partial charge < -0.3 is 5.32 Å². The molecule has 94 valence electrons. The number of nitrogens with one attached hydrogen (secondary N) is 1. The number of rotatable bonds is 3. The molecule has 0 amide bonds. The Labute approximate surface area is 110 Å². The van der Waals surface area contributed by atoms with Crippen molar-refractivity contribution in [3.05, 3.63) is 34.1 Å². The van der Waals surface area contributed by atoms with E-state index >= 15 is 0 Å². The molecule has 1 heterocycles. The van der Waals surface area contributed by atoms with E-state index in [0.29, 0.717) is 0 Å². The highest BCUT2D eigenvalue weighted by Gasteiger charge is 2.23. The van der Waals surface area contributed by atoms with E-state index < -0.39 is 0 Å². The lowest BCUT2D eigenvalue weighted by Crippen LogP contribution is -2.45. The maximum Gasteiger partial charge on any atom is 0.128 e. The van der Waals surface area contributed by atoms with Gasteiger partial charge in [0.25, 0.3) is 0 Å². The molecule has 0 spiro atoms. The first-order valence-electron chi connectivity index (χ1n) is 6.12. The highest BCUT2D eigenvalue weighted by atomic mass is 79.9. The summed E-state index contributed by atoms with van der Waals surface area (Å²) < 4.78 is 14.8. The largest absolute Gasteiger partial charge is 0.314 e. The van der Waals surface area contributed by atoms with E-state index in [1.165, 1.54) is 0 Å². The van der Waals surface area contributed by atoms with Gasteiger partial charge in [-0.1, -0.05) is 22.9 Å². The molecule has 0 aliphatic carbocycles. The fraction of sp³-hybridized carbons (Fsp3) is 0.538. The second-order valence-corrected chi connectivity index (χ2v) is 5.29. The Kier molecular flexibility index (Phi) is 4.54. The lowest BCUT2D eigenvalue weighted by molar-refractivity contribution is 0.166. The van der Waals surface area contributed by atoms with Crippen molar-refractivity contribution < 1.29 is 4.39 Å². The number of hydrogen-bond donors (Lipinski definition) is 1. The topological polar surface area (TPSA) is 15.3 Å². The van der Waals surface area contributed by atoms with Gasteiger partial charge in [-0.05, 0) is 24.6 Å². The molecular weight excluding hydrogens is 283 g/mol. The molecule has 0 aromatic heterocycles. The van der Waals surface area contributed by atoms with Gasteiger partial charge in [0.2, 0.25) is 0 Å². The van der Waals surface area contributed by atoms with E-state index in [0.717, 1.165) is 42.6 Å². The standard InChI is InChI=1S/C13H18BrFN2/c1-2-13(17-7-5-16-6-8-17)11-9-10(14)3-4-12(11)15/h3-4,9,13,16H,2,5-8H2,1H3/t13-/m1/s1. The molecule has 4 heteroatoms. The van der Waals surface area contributed by atoms with Crippen LogP contribution in [0.4, 0.5) is 4.39 Å². The second kappa shape index (κ2) is 5.94. The molecule has 1 aromatic carbocycles. The Hall–Kier alpha value is -0.450. The third-order valence-corrected chi connectivity index (χ3v) is 3.79. The lowest BCUT2D eigenvalue weighted by atomic mass is 10.0. The van der Waals surface area contributed by atoms with Gasteiger partial charge in [0.05, 0.1) is 0 Å². The molecule has 2 rings (SSSR count). The van der Waals surface area contributed by atoms with Crippen molar-refractivity contribution in [1.29, 1.82) is 0 Å². The fourth-order valence-corrected chi connectivity index (χ4v) is 2.82. The van der Waals surface area contributed by atoms with Crippen LogP contribution in [0.5, 0.6) is 0 Å². The smallest absolute Gasteiger partial charge is 0.128 e. The highest BCUT2D eigenvalue weighted by molar-refractivity contribution is 9.10. The van der Waals surface area contributed by atoms with E-state index in [1.807, 2.05) is 6.07 Å². The lowest BCUT2D eigenvalue weighted by Gasteiger charge is -2.34. The molecule has 0 radical (unpaired) electrons. The molecule has 2 nitrogen and oxygen atoms in total. The Morgan fingerprint density at radius 2 is 2.12 bits per heavy atom. The molecule has 1 fully saturated rings. The van der Waals surface area contributed by atoms with Crippen molar-refractivity contribution in [1.82, 2.24) is 10.2 Å². The molecule has 17 heavy (non-hydrogen) atoms. The summed E-state index contributed by atoms with van der Waals surface area (Å²) in [6.45, 7) is 6.08. The molecule has 1 aromatic rings. The minimum atomic E-state index is -0.0985. The van der Waals surface area contributed by atoms with Gasteiger partial charge >= 0.3 is 0 Å². The summed E-state index contributed by atoms with van der Waals surface area (Å²) in [4.78, 5) is 2.36. The third-order valence-electron chi connectivity index (χ3n) is 3.30. The predicted octanol–water partition coefficient (Wildman–Crippen LogP) is 2.94. The quantitative estimate of drug-likeness (QED) is 0.923. The summed E-state index contributed by atoms with van der Waals surface area (Å²) >= 11 is 3.42. The summed E-state index contributed by atoms with van der Waals surface area (Å²) in [5, 5.41) is 3.33. The average Bonchev–Trinajstić information content (AvgIpc) is 2.36. The summed E-state index contributed by atoms with van der Waals surface area (Å²) in [5.74, 6) is -0.0985. The van der Waals surface area contributed by atoms with Crippen LogP contribution in [0.15, 0.2) is 22.7 Å². The summed E-state index contributed by atoms with van der Waals surface area (Å²) in [5.41, 5.74) is 0.809. The van der Waals surface area contributed by atoms with Crippen LogP contribution in [0.1, 0.15) is 24.9 Å². The summed E-state index contributed by atoms with van der Waals surface area (Å²) in [6.07, 6.45) is 0.938. The van der Waals surface area contributed by atoms with Crippen molar-refractivity contribution >= 4 is 15.9 Å². The van der Waals surface area contributed by atoms with Crippen LogP contribution in [-0.2, 0) is 0 Å². The van der Waals surface area contributed by atoms with Crippen molar-refractivity contribution in [3.63, 3.8) is 0 Å². The SMILES string of the molecule is CC[C@H](c1cc(Br)ccc1F)N1CCNCC1. The van der Waals surface area contributed by atoms with Crippen molar-refractivity contribution in [2.75, 3.05) is 26.2 Å². The Bertz CT molecular complexity index is 378. The summed E-state index contributed by atoms with van der Waals surface area (Å²) in [7, 11) is 0. The number of halogens is 2. The first-order chi connectivity index (χ1) is 8.22. The molecule has 1 atom stereocenters. The zero-order chi connectivity index (χ0) is 12.3. The van der Waals surface area contributed by atoms with Gasteiger partial charge in [0, 0.05) is 42.3 Å². The Morgan fingerprint density at radius 1 is 1.41 bits per heavy atom. The number of hydrogen-bond acceptors (Lipinski definition) is 2. The molecule has 0 saturated carbocycles. The molecule has 1 aliphatic rings. The van der Waals surface area contributed by atoms with E-state index in [2.05, 4.69) is 33.1 Å².